The maximum Gasteiger partial charge on any atom is 0.225 e. The standard InChI is InChI=1S/C12H24N2O/c1-9(5-6-12(2,3)4)14-11(15)10-7-13-8-10/h9-10,13H,5-8H2,1-4H3,(H,14,15). The van der Waals surface area contributed by atoms with Gasteiger partial charge < -0.3 is 10.6 Å². The molecule has 0 spiro atoms. The number of hydrogen-bond donors (Lipinski definition) is 2. The van der Waals surface area contributed by atoms with Gasteiger partial charge in [-0.25, -0.2) is 0 Å². The van der Waals surface area contributed by atoms with E-state index in [2.05, 4.69) is 38.3 Å². The lowest BCUT2D eigenvalue weighted by molar-refractivity contribution is -0.127. The van der Waals surface area contributed by atoms with Crippen molar-refractivity contribution in [1.29, 1.82) is 0 Å². The molecule has 1 fully saturated rings. The van der Waals surface area contributed by atoms with Gasteiger partial charge >= 0.3 is 0 Å². The van der Waals surface area contributed by atoms with Crippen LogP contribution in [0, 0.1) is 11.3 Å². The third kappa shape index (κ3) is 4.65. The molecule has 0 bridgehead atoms. The molecule has 3 nitrogen and oxygen atoms in total. The minimum atomic E-state index is 0.210. The van der Waals surface area contributed by atoms with E-state index < -0.39 is 0 Å². The molecule has 1 atom stereocenters. The van der Waals surface area contributed by atoms with Crippen LogP contribution >= 0.6 is 0 Å². The Morgan fingerprint density at radius 3 is 2.47 bits per heavy atom. The molecule has 0 aromatic carbocycles. The van der Waals surface area contributed by atoms with Crippen LogP contribution < -0.4 is 10.6 Å². The highest BCUT2D eigenvalue weighted by Gasteiger charge is 2.25. The Hall–Kier alpha value is -0.570. The molecule has 1 rings (SSSR count). The highest BCUT2D eigenvalue weighted by Crippen LogP contribution is 2.21. The Balaban J connectivity index is 2.17. The van der Waals surface area contributed by atoms with E-state index in [0.717, 1.165) is 25.9 Å². The number of hydrogen-bond acceptors (Lipinski definition) is 2. The second kappa shape index (κ2) is 4.97. The van der Waals surface area contributed by atoms with E-state index in [9.17, 15) is 4.79 Å². The zero-order valence-corrected chi connectivity index (χ0v) is 10.4. The zero-order valence-electron chi connectivity index (χ0n) is 10.4. The molecule has 0 aromatic heterocycles. The fraction of sp³-hybridized carbons (Fsp3) is 0.917. The summed E-state index contributed by atoms with van der Waals surface area (Å²) >= 11 is 0. The SMILES string of the molecule is CC(CCC(C)(C)C)NC(=O)C1CNC1. The summed E-state index contributed by atoms with van der Waals surface area (Å²) in [6, 6.07) is 0.303. The first-order valence-corrected chi connectivity index (χ1v) is 5.89. The molecule has 0 aliphatic carbocycles. The zero-order chi connectivity index (χ0) is 11.5. The van der Waals surface area contributed by atoms with Gasteiger partial charge in [-0.3, -0.25) is 4.79 Å². The molecular formula is C12H24N2O. The van der Waals surface area contributed by atoms with Crippen LogP contribution in [0.5, 0.6) is 0 Å². The first kappa shape index (κ1) is 12.5. The molecule has 1 heterocycles. The summed E-state index contributed by atoms with van der Waals surface area (Å²) in [5.74, 6) is 0.428. The van der Waals surface area contributed by atoms with Gasteiger partial charge in [0.2, 0.25) is 5.91 Å². The maximum atomic E-state index is 11.6. The van der Waals surface area contributed by atoms with Gasteiger partial charge in [0, 0.05) is 19.1 Å². The second-order valence-corrected chi connectivity index (χ2v) is 5.86. The molecule has 0 aromatic rings. The largest absolute Gasteiger partial charge is 0.353 e. The van der Waals surface area contributed by atoms with Gasteiger partial charge in [-0.05, 0) is 25.2 Å². The lowest BCUT2D eigenvalue weighted by Crippen LogP contribution is -2.52. The summed E-state index contributed by atoms with van der Waals surface area (Å²) in [6.07, 6.45) is 2.22. The fourth-order valence-corrected chi connectivity index (χ4v) is 1.56. The Bertz CT molecular complexity index is 216. The Morgan fingerprint density at radius 2 is 2.07 bits per heavy atom. The number of amides is 1. The van der Waals surface area contributed by atoms with Crippen LogP contribution in [0.2, 0.25) is 0 Å². The van der Waals surface area contributed by atoms with E-state index >= 15 is 0 Å². The topological polar surface area (TPSA) is 41.1 Å². The van der Waals surface area contributed by atoms with E-state index in [4.69, 9.17) is 0 Å². The first-order valence-electron chi connectivity index (χ1n) is 5.89. The number of nitrogens with one attached hydrogen (secondary N) is 2. The van der Waals surface area contributed by atoms with Crippen molar-refractivity contribution >= 4 is 5.91 Å². The van der Waals surface area contributed by atoms with E-state index in [1.165, 1.54) is 0 Å². The highest BCUT2D eigenvalue weighted by molar-refractivity contribution is 5.80. The summed E-state index contributed by atoms with van der Waals surface area (Å²) in [4.78, 5) is 11.6. The molecule has 3 heteroatoms. The van der Waals surface area contributed by atoms with Crippen LogP contribution in [0.3, 0.4) is 0 Å². The number of rotatable bonds is 4. The molecule has 0 saturated carbocycles. The predicted molar refractivity (Wildman–Crippen MR) is 62.7 cm³/mol. The van der Waals surface area contributed by atoms with Crippen molar-refractivity contribution in [3.8, 4) is 0 Å². The number of carbonyl (C=O) groups excluding carboxylic acids is 1. The Kier molecular flexibility index (Phi) is 4.14. The van der Waals surface area contributed by atoms with E-state index in [1.807, 2.05) is 0 Å². The van der Waals surface area contributed by atoms with Crippen molar-refractivity contribution in [2.75, 3.05) is 13.1 Å². The quantitative estimate of drug-likeness (QED) is 0.742. The van der Waals surface area contributed by atoms with Gasteiger partial charge in [-0.2, -0.15) is 0 Å². The van der Waals surface area contributed by atoms with Gasteiger partial charge in [0.15, 0.2) is 0 Å². The molecular weight excluding hydrogens is 188 g/mol. The maximum absolute atomic E-state index is 11.6. The van der Waals surface area contributed by atoms with Crippen molar-refractivity contribution in [3.63, 3.8) is 0 Å². The van der Waals surface area contributed by atoms with Crippen LogP contribution in [0.25, 0.3) is 0 Å². The third-order valence-electron chi connectivity index (χ3n) is 2.87. The van der Waals surface area contributed by atoms with E-state index in [-0.39, 0.29) is 11.8 Å². The van der Waals surface area contributed by atoms with Crippen LogP contribution in [0.15, 0.2) is 0 Å². The van der Waals surface area contributed by atoms with Crippen LogP contribution in [0.4, 0.5) is 0 Å². The Morgan fingerprint density at radius 1 is 1.47 bits per heavy atom. The van der Waals surface area contributed by atoms with Crippen molar-refractivity contribution in [2.24, 2.45) is 11.3 Å². The lowest BCUT2D eigenvalue weighted by atomic mass is 9.89. The van der Waals surface area contributed by atoms with Crippen LogP contribution in [-0.4, -0.2) is 25.0 Å². The normalized spacial score (nSPS) is 19.5. The Labute approximate surface area is 93.0 Å². The highest BCUT2D eigenvalue weighted by atomic mass is 16.2. The van der Waals surface area contributed by atoms with Gasteiger partial charge in [0.1, 0.15) is 0 Å². The summed E-state index contributed by atoms with van der Waals surface area (Å²) in [5.41, 5.74) is 0.358. The molecule has 15 heavy (non-hydrogen) atoms. The van der Waals surface area contributed by atoms with Crippen molar-refractivity contribution < 1.29 is 4.79 Å². The minimum Gasteiger partial charge on any atom is -0.353 e. The average molecular weight is 212 g/mol. The van der Waals surface area contributed by atoms with Crippen molar-refractivity contribution in [1.82, 2.24) is 10.6 Å². The lowest BCUT2D eigenvalue weighted by Gasteiger charge is -2.28. The van der Waals surface area contributed by atoms with Gasteiger partial charge in [-0.15, -0.1) is 0 Å². The van der Waals surface area contributed by atoms with Crippen LogP contribution in [-0.2, 0) is 4.79 Å². The summed E-state index contributed by atoms with van der Waals surface area (Å²) in [7, 11) is 0. The smallest absolute Gasteiger partial charge is 0.225 e. The molecule has 1 aliphatic heterocycles. The predicted octanol–water partition coefficient (Wildman–Crippen LogP) is 1.54. The average Bonchev–Trinajstić information content (AvgIpc) is 1.95. The molecule has 0 radical (unpaired) electrons. The van der Waals surface area contributed by atoms with E-state index in [1.54, 1.807) is 0 Å². The van der Waals surface area contributed by atoms with Gasteiger partial charge in [0.05, 0.1) is 5.92 Å². The summed E-state index contributed by atoms with van der Waals surface area (Å²) in [5, 5.41) is 6.19. The fourth-order valence-electron chi connectivity index (χ4n) is 1.56. The van der Waals surface area contributed by atoms with Gasteiger partial charge in [0.25, 0.3) is 0 Å². The number of carbonyl (C=O) groups is 1. The third-order valence-corrected chi connectivity index (χ3v) is 2.87. The molecule has 1 aliphatic rings. The molecule has 1 saturated heterocycles. The summed E-state index contributed by atoms with van der Waals surface area (Å²) in [6.45, 7) is 10.5. The van der Waals surface area contributed by atoms with Crippen LogP contribution in [0.1, 0.15) is 40.5 Å². The monoisotopic (exact) mass is 212 g/mol. The summed E-state index contributed by atoms with van der Waals surface area (Å²) < 4.78 is 0. The molecule has 1 unspecified atom stereocenters. The molecule has 1 amide bonds. The minimum absolute atomic E-state index is 0.210. The van der Waals surface area contributed by atoms with Gasteiger partial charge in [-0.1, -0.05) is 20.8 Å². The van der Waals surface area contributed by atoms with Crippen molar-refractivity contribution in [2.45, 2.75) is 46.6 Å². The first-order chi connectivity index (χ1) is 6.88. The molecule has 2 N–H and O–H groups in total. The molecule has 88 valence electrons. The second-order valence-electron chi connectivity index (χ2n) is 5.86. The van der Waals surface area contributed by atoms with E-state index in [0.29, 0.717) is 11.5 Å². The van der Waals surface area contributed by atoms with Crippen molar-refractivity contribution in [3.05, 3.63) is 0 Å².